The molecule has 12 heteroatoms. The first-order valence-electron chi connectivity index (χ1n) is 14.3. The third-order valence-electron chi connectivity index (χ3n) is 8.43. The lowest BCUT2D eigenvalue weighted by Crippen LogP contribution is -2.46. The number of carbonyl (C=O) groups excluding carboxylic acids is 2. The maximum Gasteiger partial charge on any atom is 0.264 e. The topological polar surface area (TPSA) is 150 Å². The Labute approximate surface area is 246 Å². The molecule has 1 fully saturated rings. The van der Waals surface area contributed by atoms with Crippen molar-refractivity contribution in [2.75, 3.05) is 16.8 Å². The van der Waals surface area contributed by atoms with Gasteiger partial charge in [0.05, 0.1) is 24.0 Å². The minimum Gasteiger partial charge on any atom is -0.432 e. The summed E-state index contributed by atoms with van der Waals surface area (Å²) in [6.07, 6.45) is 1.29. The van der Waals surface area contributed by atoms with E-state index in [0.29, 0.717) is 37.3 Å². The summed E-state index contributed by atoms with van der Waals surface area (Å²) in [6, 6.07) is 14.9. The van der Waals surface area contributed by atoms with Gasteiger partial charge in [-0.25, -0.2) is 0 Å². The molecule has 2 amide bonds. The van der Waals surface area contributed by atoms with E-state index in [-0.39, 0.29) is 30.1 Å². The van der Waals surface area contributed by atoms with Gasteiger partial charge in [0.1, 0.15) is 6.10 Å². The van der Waals surface area contributed by atoms with Crippen molar-refractivity contribution in [1.82, 2.24) is 15.0 Å². The number of hydrogen-bond acceptors (Lipinski definition) is 8. The highest BCUT2D eigenvalue weighted by Crippen LogP contribution is 2.59. The molecule has 0 aliphatic carbocycles. The number of aliphatic hydroxyl groups excluding tert-OH is 2. The molecule has 5 rings (SSSR count). The molecule has 2 aliphatic rings. The molecule has 0 bridgehead atoms. The zero-order chi connectivity index (χ0) is 30.2. The van der Waals surface area contributed by atoms with Gasteiger partial charge < -0.3 is 30.0 Å². The summed E-state index contributed by atoms with van der Waals surface area (Å²) in [6.45, 7) is 8.03. The van der Waals surface area contributed by atoms with Gasteiger partial charge in [0.2, 0.25) is 0 Å². The van der Waals surface area contributed by atoms with Crippen molar-refractivity contribution < 1.29 is 29.3 Å². The van der Waals surface area contributed by atoms with Crippen LogP contribution in [-0.2, 0) is 39.4 Å². The molecule has 0 radical (unpaired) electrons. The van der Waals surface area contributed by atoms with Gasteiger partial charge in [0.15, 0.2) is 13.9 Å². The van der Waals surface area contributed by atoms with E-state index in [1.807, 2.05) is 56.4 Å². The van der Waals surface area contributed by atoms with Crippen molar-refractivity contribution in [2.45, 2.75) is 76.2 Å². The molecule has 1 spiro atoms. The number of hydrogen-bond donors (Lipinski definition) is 4. The number of aliphatic hydroxyl groups is 2. The van der Waals surface area contributed by atoms with Gasteiger partial charge >= 0.3 is 0 Å². The van der Waals surface area contributed by atoms with Crippen LogP contribution in [0.2, 0.25) is 18.6 Å². The van der Waals surface area contributed by atoms with Crippen LogP contribution in [0.25, 0.3) is 0 Å². The van der Waals surface area contributed by atoms with Gasteiger partial charge in [-0.2, -0.15) is 0 Å². The first-order valence-corrected chi connectivity index (χ1v) is 17.4. The molecule has 2 aromatic carbocycles. The van der Waals surface area contributed by atoms with E-state index in [1.165, 1.54) is 6.92 Å². The SMILES string of the molecule is C[C@H](O)C(=O)Nc1ccc(CN2C(=O)[C@@]3(O[C@@H](CCn4cc(CCO)nn4)[C@H]([Si](C)(C)O)[C@H]3C)c3ccccc32)cc1. The number of amides is 2. The van der Waals surface area contributed by atoms with Crippen LogP contribution in [0, 0.1) is 5.92 Å². The predicted octanol–water partition coefficient (Wildman–Crippen LogP) is 2.57. The lowest BCUT2D eigenvalue weighted by molar-refractivity contribution is -0.146. The molecule has 0 saturated carbocycles. The highest BCUT2D eigenvalue weighted by atomic mass is 28.4. The molecule has 1 aromatic heterocycles. The zero-order valence-electron chi connectivity index (χ0n) is 24.4. The number of fused-ring (bicyclic) bond motifs is 2. The van der Waals surface area contributed by atoms with Crippen LogP contribution in [0.15, 0.2) is 54.7 Å². The van der Waals surface area contributed by atoms with Gasteiger partial charge in [-0.3, -0.25) is 14.3 Å². The smallest absolute Gasteiger partial charge is 0.264 e. The number of nitrogens with zero attached hydrogens (tertiary/aromatic N) is 4. The number of nitrogens with one attached hydrogen (secondary N) is 1. The lowest BCUT2D eigenvalue weighted by Gasteiger charge is -2.32. The summed E-state index contributed by atoms with van der Waals surface area (Å²) >= 11 is 0. The van der Waals surface area contributed by atoms with E-state index in [2.05, 4.69) is 15.6 Å². The number of para-hydroxylation sites is 1. The summed E-state index contributed by atoms with van der Waals surface area (Å²) in [5, 5.41) is 29.6. The molecule has 42 heavy (non-hydrogen) atoms. The Morgan fingerprint density at radius 3 is 2.57 bits per heavy atom. The normalized spacial score (nSPS) is 24.3. The maximum atomic E-state index is 14.5. The molecule has 2 aliphatic heterocycles. The Morgan fingerprint density at radius 1 is 1.19 bits per heavy atom. The molecule has 3 heterocycles. The average Bonchev–Trinajstić information content (AvgIpc) is 3.59. The van der Waals surface area contributed by atoms with Crippen molar-refractivity contribution in [3.63, 3.8) is 0 Å². The molecule has 11 nitrogen and oxygen atoms in total. The van der Waals surface area contributed by atoms with E-state index < -0.39 is 25.9 Å². The standard InChI is InChI=1S/C30H39N5O6Si/c1-19-27(42(3,4)40)26(13-15-34-18-23(14-16-36)32-33-34)41-30(19)24-7-5-6-8-25(24)35(29(30)39)17-21-9-11-22(12-10-21)31-28(38)20(2)37/h5-12,18-20,26-27,36-37,40H,13-17H2,1-4H3,(H,31,38)/t19-,20+,26+,27-,30+/m1/s1. The number of ether oxygens (including phenoxy) is 1. The van der Waals surface area contributed by atoms with E-state index in [4.69, 9.17) is 4.74 Å². The fourth-order valence-electron chi connectivity index (χ4n) is 6.52. The summed E-state index contributed by atoms with van der Waals surface area (Å²) in [4.78, 5) is 39.5. The van der Waals surface area contributed by atoms with E-state index in [0.717, 1.165) is 16.8 Å². The van der Waals surface area contributed by atoms with Crippen LogP contribution >= 0.6 is 0 Å². The van der Waals surface area contributed by atoms with Crippen molar-refractivity contribution in [3.8, 4) is 0 Å². The van der Waals surface area contributed by atoms with Gasteiger partial charge in [0, 0.05) is 48.5 Å². The molecular formula is C30H39N5O6Si. The fourth-order valence-corrected chi connectivity index (χ4v) is 9.12. The number of aryl methyl sites for hydroxylation is 1. The first-order chi connectivity index (χ1) is 20.0. The van der Waals surface area contributed by atoms with Crippen molar-refractivity contribution in [2.24, 2.45) is 5.92 Å². The zero-order valence-corrected chi connectivity index (χ0v) is 25.4. The highest BCUT2D eigenvalue weighted by Gasteiger charge is 2.66. The van der Waals surface area contributed by atoms with Crippen LogP contribution < -0.4 is 10.2 Å². The molecule has 1 saturated heterocycles. The number of anilines is 2. The number of rotatable bonds is 10. The Morgan fingerprint density at radius 2 is 1.90 bits per heavy atom. The highest BCUT2D eigenvalue weighted by molar-refractivity contribution is 6.71. The minimum absolute atomic E-state index is 0.00143. The fraction of sp³-hybridized carbons (Fsp3) is 0.467. The molecule has 5 atom stereocenters. The second kappa shape index (κ2) is 11.7. The van der Waals surface area contributed by atoms with Crippen LogP contribution in [0.3, 0.4) is 0 Å². The van der Waals surface area contributed by atoms with E-state index in [1.54, 1.807) is 27.9 Å². The molecule has 0 unspecified atom stereocenters. The first kappa shape index (κ1) is 30.0. The summed E-state index contributed by atoms with van der Waals surface area (Å²) < 4.78 is 8.56. The van der Waals surface area contributed by atoms with E-state index in [9.17, 15) is 24.6 Å². The number of benzene rings is 2. The van der Waals surface area contributed by atoms with Gasteiger partial charge in [-0.1, -0.05) is 42.5 Å². The average molecular weight is 594 g/mol. The monoisotopic (exact) mass is 593 g/mol. The van der Waals surface area contributed by atoms with Crippen LogP contribution in [0.4, 0.5) is 11.4 Å². The van der Waals surface area contributed by atoms with Crippen LogP contribution in [0.1, 0.15) is 37.1 Å². The van der Waals surface area contributed by atoms with E-state index >= 15 is 0 Å². The molecule has 4 N–H and O–H groups in total. The van der Waals surface area contributed by atoms with Crippen LogP contribution in [-0.4, -0.2) is 68.9 Å². The maximum absolute atomic E-state index is 14.5. The number of carbonyl (C=O) groups is 2. The second-order valence-corrected chi connectivity index (χ2v) is 15.8. The lowest BCUT2D eigenvalue weighted by atomic mass is 9.82. The summed E-state index contributed by atoms with van der Waals surface area (Å²) in [5.74, 6) is -0.916. The predicted molar refractivity (Wildman–Crippen MR) is 159 cm³/mol. The third kappa shape index (κ3) is 5.52. The Bertz CT molecular complexity index is 1440. The largest absolute Gasteiger partial charge is 0.432 e. The van der Waals surface area contributed by atoms with Gasteiger partial charge in [0.25, 0.3) is 11.8 Å². The molecule has 224 valence electrons. The molecular weight excluding hydrogens is 554 g/mol. The minimum atomic E-state index is -2.79. The summed E-state index contributed by atoms with van der Waals surface area (Å²) in [7, 11) is -2.79. The van der Waals surface area contributed by atoms with Crippen molar-refractivity contribution in [1.29, 1.82) is 0 Å². The third-order valence-corrected chi connectivity index (χ3v) is 10.9. The van der Waals surface area contributed by atoms with Crippen molar-refractivity contribution >= 4 is 31.5 Å². The molecule has 3 aromatic rings. The van der Waals surface area contributed by atoms with Crippen molar-refractivity contribution in [3.05, 3.63) is 71.5 Å². The van der Waals surface area contributed by atoms with Gasteiger partial charge in [-0.05, 0) is 50.2 Å². The Hall–Kier alpha value is -3.42. The number of aromatic nitrogens is 3. The summed E-state index contributed by atoms with van der Waals surface area (Å²) in [5.41, 5.74) is 2.28. The second-order valence-electron chi connectivity index (χ2n) is 11.9. The van der Waals surface area contributed by atoms with Gasteiger partial charge in [-0.15, -0.1) is 5.10 Å². The quantitative estimate of drug-likeness (QED) is 0.262. The Kier molecular flexibility index (Phi) is 8.36. The van der Waals surface area contributed by atoms with Crippen LogP contribution in [0.5, 0.6) is 0 Å². The Balaban J connectivity index is 1.42.